The van der Waals surface area contributed by atoms with Gasteiger partial charge in [-0.2, -0.15) is 0 Å². The van der Waals surface area contributed by atoms with Crippen molar-refractivity contribution in [3.63, 3.8) is 0 Å². The van der Waals surface area contributed by atoms with Crippen molar-refractivity contribution in [2.24, 2.45) is 0 Å². The lowest BCUT2D eigenvalue weighted by atomic mass is 9.99. The minimum atomic E-state index is -0.0277. The fraction of sp³-hybridized carbons (Fsp3) is 0.125. The van der Waals surface area contributed by atoms with Gasteiger partial charge in [-0.3, -0.25) is 0 Å². The van der Waals surface area contributed by atoms with Gasteiger partial charge in [0, 0.05) is 22.7 Å². The summed E-state index contributed by atoms with van der Waals surface area (Å²) in [5, 5.41) is 10.6. The molecule has 96 valence electrons. The van der Waals surface area contributed by atoms with E-state index in [2.05, 4.69) is 23.2 Å². The van der Waals surface area contributed by atoms with Crippen molar-refractivity contribution in [2.75, 3.05) is 7.11 Å². The normalized spacial score (nSPS) is 10.8. The molecule has 0 fully saturated rings. The minimum absolute atomic E-state index is 0.0277. The molecule has 2 aromatic carbocycles. The molecule has 3 heteroatoms. The Morgan fingerprint density at radius 2 is 2.05 bits per heavy atom. The molecular weight excluding hydrogens is 238 g/mol. The highest BCUT2D eigenvalue weighted by Gasteiger charge is 2.08. The Morgan fingerprint density at radius 3 is 2.84 bits per heavy atom. The van der Waals surface area contributed by atoms with Crippen molar-refractivity contribution >= 4 is 10.9 Å². The van der Waals surface area contributed by atoms with Crippen LogP contribution in [0.25, 0.3) is 22.0 Å². The first-order valence-corrected chi connectivity index (χ1v) is 6.17. The molecule has 0 amide bonds. The van der Waals surface area contributed by atoms with Crippen LogP contribution in [0.4, 0.5) is 0 Å². The third-order valence-corrected chi connectivity index (χ3v) is 3.36. The van der Waals surface area contributed by atoms with Gasteiger partial charge < -0.3 is 14.8 Å². The molecule has 0 atom stereocenters. The highest BCUT2D eigenvalue weighted by molar-refractivity contribution is 5.95. The maximum atomic E-state index is 9.41. The van der Waals surface area contributed by atoms with Crippen molar-refractivity contribution < 1.29 is 9.84 Å². The van der Waals surface area contributed by atoms with Crippen molar-refractivity contribution in [1.82, 2.24) is 4.98 Å². The minimum Gasteiger partial charge on any atom is -0.496 e. The number of ether oxygens (including phenoxy) is 1. The standard InChI is InChI=1S/C16H15NO2/c1-19-16-6-5-11(9-12(16)10-18)13-3-2-4-15-14(13)7-8-17-15/h2-9,17-18H,10H2,1H3. The van der Waals surface area contributed by atoms with Gasteiger partial charge in [0.15, 0.2) is 0 Å². The van der Waals surface area contributed by atoms with E-state index in [0.717, 1.165) is 22.2 Å². The highest BCUT2D eigenvalue weighted by atomic mass is 16.5. The number of H-pyrrole nitrogens is 1. The molecule has 0 aliphatic rings. The molecule has 3 rings (SSSR count). The molecule has 0 unspecified atom stereocenters. The first-order valence-electron chi connectivity index (χ1n) is 6.17. The second-order valence-corrected chi connectivity index (χ2v) is 4.43. The Labute approximate surface area is 111 Å². The van der Waals surface area contributed by atoms with Crippen LogP contribution in [0.2, 0.25) is 0 Å². The Kier molecular flexibility index (Phi) is 2.97. The summed E-state index contributed by atoms with van der Waals surface area (Å²) < 4.78 is 5.23. The number of aromatic amines is 1. The molecule has 3 aromatic rings. The van der Waals surface area contributed by atoms with Crippen LogP contribution in [0.15, 0.2) is 48.7 Å². The van der Waals surface area contributed by atoms with Gasteiger partial charge in [0.2, 0.25) is 0 Å². The first-order chi connectivity index (χ1) is 9.33. The van der Waals surface area contributed by atoms with E-state index in [9.17, 15) is 5.11 Å². The molecule has 0 aliphatic heterocycles. The Balaban J connectivity index is 2.19. The average Bonchev–Trinajstić information content (AvgIpc) is 2.94. The van der Waals surface area contributed by atoms with Crippen LogP contribution in [0.1, 0.15) is 5.56 Å². The quantitative estimate of drug-likeness (QED) is 0.752. The summed E-state index contributed by atoms with van der Waals surface area (Å²) in [5.74, 6) is 0.715. The Hall–Kier alpha value is -2.26. The molecule has 19 heavy (non-hydrogen) atoms. The van der Waals surface area contributed by atoms with E-state index in [1.54, 1.807) is 7.11 Å². The van der Waals surface area contributed by atoms with E-state index in [-0.39, 0.29) is 6.61 Å². The third kappa shape index (κ3) is 1.98. The van der Waals surface area contributed by atoms with E-state index >= 15 is 0 Å². The molecule has 0 saturated heterocycles. The number of nitrogens with one attached hydrogen (secondary N) is 1. The molecule has 3 nitrogen and oxygen atoms in total. The molecule has 1 heterocycles. The highest BCUT2D eigenvalue weighted by Crippen LogP contribution is 2.31. The maximum absolute atomic E-state index is 9.41. The summed E-state index contributed by atoms with van der Waals surface area (Å²) in [6, 6.07) is 14.1. The number of aromatic nitrogens is 1. The fourth-order valence-corrected chi connectivity index (χ4v) is 2.41. The lowest BCUT2D eigenvalue weighted by Gasteiger charge is -2.10. The van der Waals surface area contributed by atoms with E-state index in [4.69, 9.17) is 4.74 Å². The SMILES string of the molecule is COc1ccc(-c2cccc3[nH]ccc23)cc1CO. The van der Waals surface area contributed by atoms with Gasteiger partial charge >= 0.3 is 0 Å². The van der Waals surface area contributed by atoms with E-state index < -0.39 is 0 Å². The van der Waals surface area contributed by atoms with Crippen molar-refractivity contribution in [1.29, 1.82) is 0 Å². The van der Waals surface area contributed by atoms with Crippen LogP contribution in [0.5, 0.6) is 5.75 Å². The number of rotatable bonds is 3. The van der Waals surface area contributed by atoms with Crippen molar-refractivity contribution in [2.45, 2.75) is 6.61 Å². The zero-order chi connectivity index (χ0) is 13.2. The first kappa shape index (κ1) is 11.8. The summed E-state index contributed by atoms with van der Waals surface area (Å²) in [4.78, 5) is 3.21. The molecule has 1 aromatic heterocycles. The number of aliphatic hydroxyl groups is 1. The fourth-order valence-electron chi connectivity index (χ4n) is 2.41. The second kappa shape index (κ2) is 4.78. The van der Waals surface area contributed by atoms with Crippen LogP contribution in [0, 0.1) is 0 Å². The predicted octanol–water partition coefficient (Wildman–Crippen LogP) is 3.34. The number of methoxy groups -OCH3 is 1. The molecule has 0 saturated carbocycles. The smallest absolute Gasteiger partial charge is 0.124 e. The predicted molar refractivity (Wildman–Crippen MR) is 76.2 cm³/mol. The van der Waals surface area contributed by atoms with E-state index in [0.29, 0.717) is 5.75 Å². The Bertz CT molecular complexity index is 716. The van der Waals surface area contributed by atoms with Crippen LogP contribution < -0.4 is 4.74 Å². The van der Waals surface area contributed by atoms with Crippen LogP contribution in [-0.2, 0) is 6.61 Å². The zero-order valence-corrected chi connectivity index (χ0v) is 10.7. The van der Waals surface area contributed by atoms with Gasteiger partial charge in [-0.15, -0.1) is 0 Å². The topological polar surface area (TPSA) is 45.2 Å². The average molecular weight is 253 g/mol. The monoisotopic (exact) mass is 253 g/mol. The van der Waals surface area contributed by atoms with Gasteiger partial charge in [-0.05, 0) is 35.4 Å². The van der Waals surface area contributed by atoms with Crippen molar-refractivity contribution in [3.05, 3.63) is 54.2 Å². The maximum Gasteiger partial charge on any atom is 0.124 e. The summed E-state index contributed by atoms with van der Waals surface area (Å²) in [5.41, 5.74) is 4.14. The zero-order valence-electron chi connectivity index (χ0n) is 10.7. The number of aliphatic hydroxyl groups excluding tert-OH is 1. The lowest BCUT2D eigenvalue weighted by molar-refractivity contribution is 0.274. The van der Waals surface area contributed by atoms with E-state index in [1.807, 2.05) is 30.5 Å². The van der Waals surface area contributed by atoms with E-state index in [1.165, 1.54) is 5.39 Å². The summed E-state index contributed by atoms with van der Waals surface area (Å²) in [6.45, 7) is -0.0277. The van der Waals surface area contributed by atoms with Gasteiger partial charge in [-0.1, -0.05) is 18.2 Å². The van der Waals surface area contributed by atoms with Crippen LogP contribution >= 0.6 is 0 Å². The second-order valence-electron chi connectivity index (χ2n) is 4.43. The number of fused-ring (bicyclic) bond motifs is 1. The van der Waals surface area contributed by atoms with Gasteiger partial charge in [0.1, 0.15) is 5.75 Å². The number of hydrogen-bond acceptors (Lipinski definition) is 2. The molecule has 0 spiro atoms. The summed E-state index contributed by atoms with van der Waals surface area (Å²) in [7, 11) is 1.61. The molecule has 2 N–H and O–H groups in total. The van der Waals surface area contributed by atoms with Gasteiger partial charge in [-0.25, -0.2) is 0 Å². The lowest BCUT2D eigenvalue weighted by Crippen LogP contribution is -1.92. The molecule has 0 radical (unpaired) electrons. The largest absolute Gasteiger partial charge is 0.496 e. The molecule has 0 bridgehead atoms. The van der Waals surface area contributed by atoms with Gasteiger partial charge in [0.25, 0.3) is 0 Å². The van der Waals surface area contributed by atoms with Gasteiger partial charge in [0.05, 0.1) is 13.7 Å². The number of hydrogen-bond donors (Lipinski definition) is 2. The summed E-state index contributed by atoms with van der Waals surface area (Å²) >= 11 is 0. The van der Waals surface area contributed by atoms with Crippen LogP contribution in [0.3, 0.4) is 0 Å². The Morgan fingerprint density at radius 1 is 1.16 bits per heavy atom. The molecular formula is C16H15NO2. The summed E-state index contributed by atoms with van der Waals surface area (Å²) in [6.07, 6.45) is 1.94. The molecule has 0 aliphatic carbocycles. The van der Waals surface area contributed by atoms with Crippen LogP contribution in [-0.4, -0.2) is 17.2 Å². The number of benzene rings is 2. The third-order valence-electron chi connectivity index (χ3n) is 3.36. The van der Waals surface area contributed by atoms with Crippen molar-refractivity contribution in [3.8, 4) is 16.9 Å².